The van der Waals surface area contributed by atoms with E-state index in [1.165, 1.54) is 0 Å². The summed E-state index contributed by atoms with van der Waals surface area (Å²) in [5, 5.41) is 15.8. The van der Waals surface area contributed by atoms with Crippen LogP contribution in [0.5, 0.6) is 0 Å². The average Bonchev–Trinajstić information content (AvgIpc) is 1.61. The van der Waals surface area contributed by atoms with Gasteiger partial charge in [0.1, 0.15) is 0 Å². The number of carbonyl (C=O) groups is 2. The van der Waals surface area contributed by atoms with Gasteiger partial charge in [-0.15, -0.1) is 0 Å². The van der Waals surface area contributed by atoms with E-state index in [4.69, 9.17) is 10.2 Å². The molecule has 6 heteroatoms. The van der Waals surface area contributed by atoms with Crippen molar-refractivity contribution in [1.29, 1.82) is 0 Å². The van der Waals surface area contributed by atoms with E-state index in [9.17, 15) is 9.59 Å². The molecular weight excluding hydrogens is 151 g/mol. The summed E-state index contributed by atoms with van der Waals surface area (Å²) in [6, 6.07) is 0. The fourth-order valence-corrected chi connectivity index (χ4v) is 0.214. The standard InChI is InChI=1S/C4H6O4.Na.H2O.H/c5-3(6)1-2-4(7)8;;;/h1-2H2,(H,5,6)(H,7,8);;1H2;. The first-order valence-corrected chi connectivity index (χ1v) is 2.06. The molecular formula is C4H9NaO5. The molecule has 0 fully saturated rings. The molecule has 0 rings (SSSR count). The first-order chi connectivity index (χ1) is 3.63. The van der Waals surface area contributed by atoms with Crippen molar-refractivity contribution in [3.8, 4) is 0 Å². The van der Waals surface area contributed by atoms with Crippen LogP contribution in [-0.2, 0) is 9.59 Å². The van der Waals surface area contributed by atoms with Crippen LogP contribution in [0, 0.1) is 0 Å². The molecule has 0 atom stereocenters. The van der Waals surface area contributed by atoms with E-state index in [0.717, 1.165) is 0 Å². The average molecular weight is 160 g/mol. The SMILES string of the molecule is O.O=C(O)CCC(=O)O.[NaH]. The molecule has 0 radical (unpaired) electrons. The Hall–Kier alpha value is -0.100. The van der Waals surface area contributed by atoms with Gasteiger partial charge in [-0.05, 0) is 0 Å². The molecule has 0 aromatic heterocycles. The molecule has 0 aliphatic heterocycles. The van der Waals surface area contributed by atoms with Crippen LogP contribution in [0.2, 0.25) is 0 Å². The summed E-state index contributed by atoms with van der Waals surface area (Å²) in [5.74, 6) is -2.15. The minimum absolute atomic E-state index is 0. The van der Waals surface area contributed by atoms with Gasteiger partial charge in [0.2, 0.25) is 0 Å². The Labute approximate surface area is 79.6 Å². The monoisotopic (exact) mass is 160 g/mol. The molecule has 0 bridgehead atoms. The van der Waals surface area contributed by atoms with E-state index in [1.807, 2.05) is 0 Å². The van der Waals surface area contributed by atoms with Crippen LogP contribution in [0.1, 0.15) is 12.8 Å². The van der Waals surface area contributed by atoms with Gasteiger partial charge in [0.05, 0.1) is 12.8 Å². The van der Waals surface area contributed by atoms with Gasteiger partial charge < -0.3 is 15.7 Å². The Kier molecular flexibility index (Phi) is 14.7. The zero-order valence-electron chi connectivity index (χ0n) is 4.63. The third-order valence-corrected chi connectivity index (χ3v) is 0.553. The number of hydrogen-bond donors (Lipinski definition) is 2. The van der Waals surface area contributed by atoms with Gasteiger partial charge in [-0.2, -0.15) is 0 Å². The molecule has 0 heterocycles. The summed E-state index contributed by atoms with van der Waals surface area (Å²) in [4.78, 5) is 19.3. The van der Waals surface area contributed by atoms with Crippen molar-refractivity contribution in [3.63, 3.8) is 0 Å². The van der Waals surface area contributed by atoms with E-state index in [2.05, 4.69) is 0 Å². The Morgan fingerprint density at radius 1 is 1.00 bits per heavy atom. The van der Waals surface area contributed by atoms with Crippen molar-refractivity contribution in [2.24, 2.45) is 0 Å². The van der Waals surface area contributed by atoms with Crippen molar-refractivity contribution in [3.05, 3.63) is 0 Å². The zero-order chi connectivity index (χ0) is 6.57. The molecule has 56 valence electrons. The Bertz CT molecular complexity index is 98.2. The molecule has 0 aliphatic carbocycles. The quantitative estimate of drug-likeness (QED) is 0.488. The third-order valence-electron chi connectivity index (χ3n) is 0.553. The van der Waals surface area contributed by atoms with E-state index in [1.54, 1.807) is 0 Å². The fraction of sp³-hybridized carbons (Fsp3) is 0.500. The molecule has 0 aromatic rings. The van der Waals surface area contributed by atoms with Crippen LogP contribution >= 0.6 is 0 Å². The van der Waals surface area contributed by atoms with E-state index < -0.39 is 11.9 Å². The molecule has 0 amide bonds. The summed E-state index contributed by atoms with van der Waals surface area (Å²) < 4.78 is 0. The van der Waals surface area contributed by atoms with Crippen molar-refractivity contribution >= 4 is 41.5 Å². The summed E-state index contributed by atoms with van der Waals surface area (Å²) in [7, 11) is 0. The molecule has 4 N–H and O–H groups in total. The number of hydrogen-bond acceptors (Lipinski definition) is 2. The van der Waals surface area contributed by atoms with Crippen LogP contribution < -0.4 is 0 Å². The maximum absolute atomic E-state index is 9.64. The molecule has 0 spiro atoms. The van der Waals surface area contributed by atoms with Crippen LogP contribution in [-0.4, -0.2) is 57.2 Å². The molecule has 0 saturated heterocycles. The zero-order valence-corrected chi connectivity index (χ0v) is 4.63. The van der Waals surface area contributed by atoms with E-state index in [-0.39, 0.29) is 47.9 Å². The molecule has 0 unspecified atom stereocenters. The number of aliphatic carboxylic acids is 2. The van der Waals surface area contributed by atoms with Gasteiger partial charge in [-0.25, -0.2) is 0 Å². The fourth-order valence-electron chi connectivity index (χ4n) is 0.214. The first-order valence-electron chi connectivity index (χ1n) is 2.06. The Balaban J connectivity index is -0.000000245. The molecule has 0 saturated carbocycles. The topological polar surface area (TPSA) is 106 Å². The first kappa shape index (κ1) is 16.5. The molecule has 0 aromatic carbocycles. The van der Waals surface area contributed by atoms with Crippen molar-refractivity contribution in [2.75, 3.05) is 0 Å². The molecule has 10 heavy (non-hydrogen) atoms. The second kappa shape index (κ2) is 8.90. The predicted molar refractivity (Wildman–Crippen MR) is 35.3 cm³/mol. The van der Waals surface area contributed by atoms with Gasteiger partial charge in [0.25, 0.3) is 0 Å². The van der Waals surface area contributed by atoms with Crippen LogP contribution in [0.4, 0.5) is 0 Å². The van der Waals surface area contributed by atoms with Gasteiger partial charge in [0, 0.05) is 0 Å². The summed E-state index contributed by atoms with van der Waals surface area (Å²) in [6.07, 6.45) is -0.593. The summed E-state index contributed by atoms with van der Waals surface area (Å²) >= 11 is 0. The third kappa shape index (κ3) is 15.7. The van der Waals surface area contributed by atoms with Crippen molar-refractivity contribution in [2.45, 2.75) is 12.8 Å². The van der Waals surface area contributed by atoms with Gasteiger partial charge in [-0.1, -0.05) is 0 Å². The minimum atomic E-state index is -1.08. The second-order valence-corrected chi connectivity index (χ2v) is 1.29. The number of rotatable bonds is 3. The van der Waals surface area contributed by atoms with Crippen LogP contribution in [0.15, 0.2) is 0 Å². The summed E-state index contributed by atoms with van der Waals surface area (Å²) in [6.45, 7) is 0. The van der Waals surface area contributed by atoms with Crippen molar-refractivity contribution < 1.29 is 25.3 Å². The van der Waals surface area contributed by atoms with Gasteiger partial charge >= 0.3 is 41.5 Å². The number of carboxylic acids is 2. The predicted octanol–water partition coefficient (Wildman–Crippen LogP) is -1.54. The number of carboxylic acid groups (broad SMARTS) is 2. The van der Waals surface area contributed by atoms with Crippen LogP contribution in [0.25, 0.3) is 0 Å². The van der Waals surface area contributed by atoms with E-state index >= 15 is 0 Å². The normalized spacial score (nSPS) is 6.80. The van der Waals surface area contributed by atoms with Gasteiger partial charge in [-0.3, -0.25) is 9.59 Å². The second-order valence-electron chi connectivity index (χ2n) is 1.29. The Morgan fingerprint density at radius 2 is 1.20 bits per heavy atom. The van der Waals surface area contributed by atoms with Gasteiger partial charge in [0.15, 0.2) is 0 Å². The van der Waals surface area contributed by atoms with Crippen LogP contribution in [0.3, 0.4) is 0 Å². The molecule has 0 aliphatic rings. The van der Waals surface area contributed by atoms with Crippen molar-refractivity contribution in [1.82, 2.24) is 0 Å². The van der Waals surface area contributed by atoms with E-state index in [0.29, 0.717) is 0 Å². The Morgan fingerprint density at radius 3 is 1.30 bits per heavy atom. The maximum atomic E-state index is 9.64. The molecule has 5 nitrogen and oxygen atoms in total. The summed E-state index contributed by atoms with van der Waals surface area (Å²) in [5.41, 5.74) is 0.